The van der Waals surface area contributed by atoms with Gasteiger partial charge >= 0.3 is 6.03 Å². The molecule has 1 saturated heterocycles. The number of carbonyl (C=O) groups is 2. The Kier molecular flexibility index (Phi) is 8.92. The van der Waals surface area contributed by atoms with Crippen molar-refractivity contribution in [2.75, 3.05) is 29.7 Å². The van der Waals surface area contributed by atoms with Crippen LogP contribution in [0.4, 0.5) is 25.1 Å². The van der Waals surface area contributed by atoms with E-state index in [2.05, 4.69) is 17.2 Å². The zero-order valence-corrected chi connectivity index (χ0v) is 27.3. The molecule has 3 amide bonds. The third-order valence-corrected chi connectivity index (χ3v) is 8.80. The van der Waals surface area contributed by atoms with Crippen LogP contribution in [0.1, 0.15) is 54.2 Å². The van der Waals surface area contributed by atoms with Gasteiger partial charge in [0.15, 0.2) is 0 Å². The molecule has 0 spiro atoms. The lowest BCUT2D eigenvalue weighted by molar-refractivity contribution is 0.0579. The molecule has 1 aliphatic carbocycles. The van der Waals surface area contributed by atoms with Gasteiger partial charge in [0.25, 0.3) is 16.0 Å². The van der Waals surface area contributed by atoms with Crippen molar-refractivity contribution < 1.29 is 35.8 Å². The number of aromatic nitrogens is 3. The minimum Gasteiger partial charge on any atom is -0.474 e. The third kappa shape index (κ3) is 7.31. The maximum atomic E-state index is 14.2. The first-order valence-electron chi connectivity index (χ1n) is 15.3. The lowest BCUT2D eigenvalue weighted by atomic mass is 10.1. The Morgan fingerprint density at radius 3 is 2.31 bits per heavy atom. The number of carbonyl (C=O) groups excluding carboxylic acids is 2. The van der Waals surface area contributed by atoms with Gasteiger partial charge in [-0.2, -0.15) is 18.6 Å². The first-order chi connectivity index (χ1) is 22.8. The maximum absolute atomic E-state index is 14.2. The molecule has 1 N–H and O–H groups in total. The summed E-state index contributed by atoms with van der Waals surface area (Å²) in [6, 6.07) is 14.4. The predicted octanol–water partition coefficient (Wildman–Crippen LogP) is 5.52. The summed E-state index contributed by atoms with van der Waals surface area (Å²) in [5, 5.41) is 8.10. The van der Waals surface area contributed by atoms with Gasteiger partial charge in [0.2, 0.25) is 5.88 Å². The zero-order valence-electron chi connectivity index (χ0n) is 26.5. The molecule has 12 nitrogen and oxygen atoms in total. The summed E-state index contributed by atoms with van der Waals surface area (Å²) in [7, 11) is -4.18. The fraction of sp³-hybridized carbons (Fsp3) is 0.333. The molecule has 15 heteroatoms. The van der Waals surface area contributed by atoms with Crippen molar-refractivity contribution in [1.82, 2.24) is 19.7 Å². The van der Waals surface area contributed by atoms with E-state index in [-0.39, 0.29) is 30.1 Å². The van der Waals surface area contributed by atoms with Crippen LogP contribution in [-0.4, -0.2) is 65.5 Å². The highest BCUT2D eigenvalue weighted by Crippen LogP contribution is 2.47. The number of anilines is 2. The molecule has 252 valence electrons. The van der Waals surface area contributed by atoms with Gasteiger partial charge in [-0.15, -0.1) is 4.28 Å². The third-order valence-electron chi connectivity index (χ3n) is 8.38. The van der Waals surface area contributed by atoms with Crippen LogP contribution in [0, 0.1) is 18.6 Å². The van der Waals surface area contributed by atoms with Crippen LogP contribution >= 0.6 is 0 Å². The van der Waals surface area contributed by atoms with Crippen molar-refractivity contribution in [3.05, 3.63) is 95.3 Å². The molecule has 3 heterocycles. The molecule has 0 bridgehead atoms. The molecule has 0 radical (unpaired) electrons. The minimum absolute atomic E-state index is 0.0151. The number of pyridine rings is 1. The fourth-order valence-corrected chi connectivity index (χ4v) is 5.80. The Bertz CT molecular complexity index is 1940. The normalized spacial score (nSPS) is 16.0. The quantitative estimate of drug-likeness (QED) is 0.229. The molecule has 48 heavy (non-hydrogen) atoms. The monoisotopic (exact) mass is 680 g/mol. The number of hydrogen-bond donors (Lipinski definition) is 1. The van der Waals surface area contributed by atoms with Crippen LogP contribution < -0.4 is 15.1 Å². The molecular formula is C33H34F2N6O6S. The highest BCUT2D eigenvalue weighted by molar-refractivity contribution is 7.86. The van der Waals surface area contributed by atoms with Gasteiger partial charge in [-0.1, -0.05) is 30.7 Å². The molecule has 1 saturated carbocycles. The van der Waals surface area contributed by atoms with Crippen molar-refractivity contribution in [2.24, 2.45) is 0 Å². The number of hydroxylamine groups is 1. The van der Waals surface area contributed by atoms with Gasteiger partial charge in [0.1, 0.15) is 29.1 Å². The molecule has 0 atom stereocenters. The number of hydrogen-bond acceptors (Lipinski definition) is 8. The van der Waals surface area contributed by atoms with Gasteiger partial charge in [-0.05, 0) is 50.1 Å². The van der Waals surface area contributed by atoms with Crippen LogP contribution in [0.2, 0.25) is 0 Å². The summed E-state index contributed by atoms with van der Waals surface area (Å²) in [6.07, 6.45) is 4.30. The minimum atomic E-state index is -4.18. The second-order valence-corrected chi connectivity index (χ2v) is 13.8. The van der Waals surface area contributed by atoms with Crippen LogP contribution in [0.15, 0.2) is 66.9 Å². The van der Waals surface area contributed by atoms with Gasteiger partial charge in [-0.25, -0.2) is 23.2 Å². The largest absolute Gasteiger partial charge is 0.474 e. The molecule has 0 unspecified atom stereocenters. The van der Waals surface area contributed by atoms with E-state index in [0.29, 0.717) is 29.4 Å². The zero-order chi connectivity index (χ0) is 34.2. The van der Waals surface area contributed by atoms with E-state index in [1.807, 2.05) is 31.2 Å². The average molecular weight is 681 g/mol. The van der Waals surface area contributed by atoms with Gasteiger partial charge in [0, 0.05) is 49.7 Å². The number of aryl methyl sites for hydroxylation is 1. The second-order valence-electron chi connectivity index (χ2n) is 12.3. The lowest BCUT2D eigenvalue weighted by Crippen LogP contribution is -2.42. The summed E-state index contributed by atoms with van der Waals surface area (Å²) in [6.45, 7) is 4.40. The first kappa shape index (κ1) is 33.0. The lowest BCUT2D eigenvalue weighted by Gasteiger charge is -2.32. The van der Waals surface area contributed by atoms with Crippen LogP contribution in [0.5, 0.6) is 5.88 Å². The van der Waals surface area contributed by atoms with Gasteiger partial charge < -0.3 is 9.64 Å². The van der Waals surface area contributed by atoms with Gasteiger partial charge in [-0.3, -0.25) is 10.1 Å². The summed E-state index contributed by atoms with van der Waals surface area (Å²) < 4.78 is 65.6. The molecule has 4 aromatic rings. The van der Waals surface area contributed by atoms with E-state index in [4.69, 9.17) is 14.1 Å². The number of likely N-dealkylation sites (tertiary alicyclic amines) is 1. The molecule has 2 aromatic carbocycles. The Labute approximate surface area is 276 Å². The van der Waals surface area contributed by atoms with Crippen LogP contribution in [-0.2, 0) is 19.8 Å². The van der Waals surface area contributed by atoms with E-state index < -0.39 is 45.4 Å². The number of urea groups is 1. The smallest absolute Gasteiger partial charge is 0.352 e. The molecule has 6 rings (SSSR count). The van der Waals surface area contributed by atoms with Crippen molar-refractivity contribution in [2.45, 2.75) is 51.0 Å². The predicted molar refractivity (Wildman–Crippen MR) is 172 cm³/mol. The number of halogens is 2. The first-order valence-corrected chi connectivity index (χ1v) is 17.2. The number of benzene rings is 2. The van der Waals surface area contributed by atoms with Gasteiger partial charge in [0.05, 0.1) is 23.3 Å². The van der Waals surface area contributed by atoms with Crippen molar-refractivity contribution >= 4 is 33.6 Å². The topological polar surface area (TPSA) is 136 Å². The highest BCUT2D eigenvalue weighted by Gasteiger charge is 2.42. The van der Waals surface area contributed by atoms with E-state index in [1.165, 1.54) is 29.3 Å². The number of rotatable bonds is 9. The Morgan fingerprint density at radius 1 is 1.02 bits per heavy atom. The molecule has 2 aromatic heterocycles. The van der Waals surface area contributed by atoms with E-state index in [9.17, 15) is 26.8 Å². The molecular weight excluding hydrogens is 646 g/mol. The Morgan fingerprint density at radius 2 is 1.69 bits per heavy atom. The number of nitrogens with zero attached hydrogens (tertiary/aromatic N) is 5. The second kappa shape index (κ2) is 13.0. The number of amides is 3. The molecule has 1 aliphatic heterocycles. The van der Waals surface area contributed by atoms with Crippen molar-refractivity contribution in [1.29, 1.82) is 0 Å². The summed E-state index contributed by atoms with van der Waals surface area (Å²) in [4.78, 5) is 32.0. The standard InChI is InChI=1S/C33H34F2N6O6S/c1-21-7-9-22(10-8-21)40-28(20-27(38-40)33(2)14-15-33)37-32(43)41(47-48(3,44)45)23-11-16-36-29(19-23)46-24-12-17-39(18-13-24)31(42)30-25(34)5-4-6-26(30)35/h4-11,16,19-20,24H,12-15,17-18H2,1-3H3,(H,37,43). The van der Waals surface area contributed by atoms with Crippen LogP contribution in [0.25, 0.3) is 5.69 Å². The number of ether oxygens (including phenoxy) is 1. The summed E-state index contributed by atoms with van der Waals surface area (Å²) in [5.41, 5.74) is 1.84. The van der Waals surface area contributed by atoms with E-state index in [0.717, 1.165) is 42.5 Å². The number of piperidine rings is 1. The van der Waals surface area contributed by atoms with Crippen molar-refractivity contribution in [3.8, 4) is 11.6 Å². The average Bonchev–Trinajstić information content (AvgIpc) is 3.65. The molecule has 2 fully saturated rings. The van der Waals surface area contributed by atoms with E-state index in [1.54, 1.807) is 10.7 Å². The maximum Gasteiger partial charge on any atom is 0.352 e. The summed E-state index contributed by atoms with van der Waals surface area (Å²) >= 11 is 0. The summed E-state index contributed by atoms with van der Waals surface area (Å²) in [5.74, 6) is -2.22. The highest BCUT2D eigenvalue weighted by atomic mass is 32.2. The van der Waals surface area contributed by atoms with E-state index >= 15 is 0 Å². The van der Waals surface area contributed by atoms with Crippen LogP contribution in [0.3, 0.4) is 0 Å². The Hall–Kier alpha value is -4.89. The fourth-order valence-electron chi connectivity index (χ4n) is 5.38. The molecule has 2 aliphatic rings. The Balaban J connectivity index is 1.19. The number of nitrogens with one attached hydrogen (secondary N) is 1. The van der Waals surface area contributed by atoms with Crippen molar-refractivity contribution in [3.63, 3.8) is 0 Å². The SMILES string of the molecule is Cc1ccc(-n2nc(C3(C)CC3)cc2NC(=O)N(OS(C)(=O)=O)c2ccnc(OC3CCN(C(=O)c4c(F)cccc4F)CC3)c2)cc1.